The smallest absolute Gasteiger partial charge is 0.256 e. The lowest BCUT2D eigenvalue weighted by atomic mass is 10.0. The first-order valence-electron chi connectivity index (χ1n) is 5.46. The van der Waals surface area contributed by atoms with E-state index in [1.807, 2.05) is 0 Å². The number of amides is 1. The lowest BCUT2D eigenvalue weighted by Crippen LogP contribution is -2.41. The molecule has 0 radical (unpaired) electrons. The summed E-state index contributed by atoms with van der Waals surface area (Å²) in [6.07, 6.45) is 2.29. The van der Waals surface area contributed by atoms with Crippen molar-refractivity contribution in [2.24, 2.45) is 11.7 Å². The molecule has 1 heterocycles. The lowest BCUT2D eigenvalue weighted by Gasteiger charge is -2.18. The summed E-state index contributed by atoms with van der Waals surface area (Å²) >= 11 is 0. The van der Waals surface area contributed by atoms with Crippen molar-refractivity contribution in [2.75, 3.05) is 6.54 Å². The molecular formula is C11H19N3O2. The highest BCUT2D eigenvalue weighted by molar-refractivity contribution is 5.94. The number of aromatic nitrogens is 1. The molecule has 1 atom stereocenters. The number of carbonyl (C=O) groups is 1. The molecule has 0 fully saturated rings. The predicted octanol–water partition coefficient (Wildman–Crippen LogP) is 1.09. The van der Waals surface area contributed by atoms with E-state index in [2.05, 4.69) is 24.3 Å². The highest BCUT2D eigenvalue weighted by atomic mass is 16.5. The zero-order chi connectivity index (χ0) is 12.1. The number of rotatable bonds is 5. The molecule has 5 heteroatoms. The molecule has 0 aliphatic carbocycles. The minimum Gasteiger partial charge on any atom is -0.361 e. The van der Waals surface area contributed by atoms with Crippen LogP contribution in [0.15, 0.2) is 10.7 Å². The number of carbonyl (C=O) groups excluding carboxylic acids is 1. The Morgan fingerprint density at radius 2 is 2.31 bits per heavy atom. The van der Waals surface area contributed by atoms with Crippen molar-refractivity contribution in [3.8, 4) is 0 Å². The third-order valence-electron chi connectivity index (χ3n) is 2.37. The quantitative estimate of drug-likeness (QED) is 0.785. The van der Waals surface area contributed by atoms with Crippen LogP contribution in [-0.2, 0) is 0 Å². The van der Waals surface area contributed by atoms with Crippen molar-refractivity contribution < 1.29 is 9.32 Å². The maximum absolute atomic E-state index is 11.8. The van der Waals surface area contributed by atoms with E-state index in [9.17, 15) is 4.79 Å². The van der Waals surface area contributed by atoms with E-state index in [0.717, 1.165) is 6.42 Å². The van der Waals surface area contributed by atoms with Gasteiger partial charge in [-0.15, -0.1) is 0 Å². The third-order valence-corrected chi connectivity index (χ3v) is 2.37. The van der Waals surface area contributed by atoms with E-state index in [1.54, 1.807) is 6.92 Å². The number of hydrogen-bond acceptors (Lipinski definition) is 4. The summed E-state index contributed by atoms with van der Waals surface area (Å²) < 4.78 is 4.84. The molecule has 1 unspecified atom stereocenters. The Bertz CT molecular complexity index is 347. The summed E-state index contributed by atoms with van der Waals surface area (Å²) in [5, 5.41) is 6.45. The molecule has 5 nitrogen and oxygen atoms in total. The van der Waals surface area contributed by atoms with E-state index in [-0.39, 0.29) is 11.9 Å². The molecule has 3 N–H and O–H groups in total. The molecule has 0 aliphatic rings. The molecule has 16 heavy (non-hydrogen) atoms. The Labute approximate surface area is 95.4 Å². The molecule has 0 bridgehead atoms. The van der Waals surface area contributed by atoms with Crippen LogP contribution in [0.3, 0.4) is 0 Å². The molecule has 0 aromatic carbocycles. The van der Waals surface area contributed by atoms with Gasteiger partial charge in [-0.2, -0.15) is 0 Å². The van der Waals surface area contributed by atoms with E-state index >= 15 is 0 Å². The third kappa shape index (κ3) is 3.34. The first-order chi connectivity index (χ1) is 7.54. The average molecular weight is 225 g/mol. The van der Waals surface area contributed by atoms with Gasteiger partial charge in [0.1, 0.15) is 11.3 Å². The van der Waals surface area contributed by atoms with E-state index < -0.39 is 0 Å². The molecule has 1 aromatic heterocycles. The fourth-order valence-electron chi connectivity index (χ4n) is 1.56. The standard InChI is InChI=1S/C11H19N3O2/c1-7(2)4-9(5-12)14-11(15)10-6-13-16-8(10)3/h6-7,9H,4-5,12H2,1-3H3,(H,14,15). The van der Waals surface area contributed by atoms with Crippen LogP contribution >= 0.6 is 0 Å². The van der Waals surface area contributed by atoms with Gasteiger partial charge in [-0.3, -0.25) is 4.79 Å². The van der Waals surface area contributed by atoms with Crippen LogP contribution < -0.4 is 11.1 Å². The van der Waals surface area contributed by atoms with Crippen LogP contribution in [0.25, 0.3) is 0 Å². The van der Waals surface area contributed by atoms with Gasteiger partial charge in [-0.25, -0.2) is 0 Å². The van der Waals surface area contributed by atoms with Crippen LogP contribution in [0.1, 0.15) is 36.4 Å². The fraction of sp³-hybridized carbons (Fsp3) is 0.636. The highest BCUT2D eigenvalue weighted by Gasteiger charge is 2.17. The van der Waals surface area contributed by atoms with Crippen LogP contribution in [0.4, 0.5) is 0 Å². The summed E-state index contributed by atoms with van der Waals surface area (Å²) in [7, 11) is 0. The van der Waals surface area contributed by atoms with Gasteiger partial charge in [0.05, 0.1) is 6.20 Å². The summed E-state index contributed by atoms with van der Waals surface area (Å²) in [6, 6.07) is 0.00167. The normalized spacial score (nSPS) is 12.8. The molecule has 90 valence electrons. The van der Waals surface area contributed by atoms with Gasteiger partial charge in [-0.05, 0) is 19.3 Å². The fourth-order valence-corrected chi connectivity index (χ4v) is 1.56. The van der Waals surface area contributed by atoms with Crippen molar-refractivity contribution in [1.82, 2.24) is 10.5 Å². The molecule has 0 spiro atoms. The van der Waals surface area contributed by atoms with Crippen LogP contribution in [-0.4, -0.2) is 23.7 Å². The average Bonchev–Trinajstić information content (AvgIpc) is 2.62. The zero-order valence-electron chi connectivity index (χ0n) is 9.99. The Kier molecular flexibility index (Phi) is 4.49. The number of aryl methyl sites for hydroxylation is 1. The Morgan fingerprint density at radius 1 is 1.62 bits per heavy atom. The van der Waals surface area contributed by atoms with Gasteiger partial charge in [0, 0.05) is 12.6 Å². The van der Waals surface area contributed by atoms with E-state index in [0.29, 0.717) is 23.8 Å². The van der Waals surface area contributed by atoms with Crippen molar-refractivity contribution in [2.45, 2.75) is 33.2 Å². The van der Waals surface area contributed by atoms with Crippen molar-refractivity contribution >= 4 is 5.91 Å². The molecule has 1 amide bonds. The second-order valence-electron chi connectivity index (χ2n) is 4.33. The topological polar surface area (TPSA) is 81.2 Å². The number of nitrogens with zero attached hydrogens (tertiary/aromatic N) is 1. The minimum atomic E-state index is -0.171. The minimum absolute atomic E-state index is 0.00167. The largest absolute Gasteiger partial charge is 0.361 e. The van der Waals surface area contributed by atoms with Crippen molar-refractivity contribution in [3.63, 3.8) is 0 Å². The lowest BCUT2D eigenvalue weighted by molar-refractivity contribution is 0.0932. The van der Waals surface area contributed by atoms with Crippen LogP contribution in [0.2, 0.25) is 0 Å². The van der Waals surface area contributed by atoms with Crippen molar-refractivity contribution in [1.29, 1.82) is 0 Å². The first-order valence-corrected chi connectivity index (χ1v) is 5.46. The Hall–Kier alpha value is -1.36. The van der Waals surface area contributed by atoms with Crippen molar-refractivity contribution in [3.05, 3.63) is 17.5 Å². The molecule has 0 saturated carbocycles. The second kappa shape index (κ2) is 5.65. The summed E-state index contributed by atoms with van der Waals surface area (Å²) in [4.78, 5) is 11.8. The Morgan fingerprint density at radius 3 is 2.75 bits per heavy atom. The molecule has 0 saturated heterocycles. The molecular weight excluding hydrogens is 206 g/mol. The summed E-state index contributed by atoms with van der Waals surface area (Å²) in [5.74, 6) is 0.852. The van der Waals surface area contributed by atoms with Gasteiger partial charge < -0.3 is 15.6 Å². The summed E-state index contributed by atoms with van der Waals surface area (Å²) in [6.45, 7) is 6.34. The van der Waals surface area contributed by atoms with E-state index in [4.69, 9.17) is 10.3 Å². The second-order valence-corrected chi connectivity index (χ2v) is 4.33. The first kappa shape index (κ1) is 12.7. The van der Waals surface area contributed by atoms with Gasteiger partial charge in [0.15, 0.2) is 0 Å². The maximum atomic E-state index is 11.8. The molecule has 0 aliphatic heterocycles. The Balaban J connectivity index is 2.59. The van der Waals surface area contributed by atoms with Gasteiger partial charge in [-0.1, -0.05) is 19.0 Å². The predicted molar refractivity (Wildman–Crippen MR) is 61.0 cm³/mol. The maximum Gasteiger partial charge on any atom is 0.256 e. The van der Waals surface area contributed by atoms with Crippen LogP contribution in [0, 0.1) is 12.8 Å². The highest BCUT2D eigenvalue weighted by Crippen LogP contribution is 2.08. The molecule has 1 aromatic rings. The van der Waals surface area contributed by atoms with E-state index in [1.165, 1.54) is 6.20 Å². The number of nitrogens with one attached hydrogen (secondary N) is 1. The SMILES string of the molecule is Cc1oncc1C(=O)NC(CN)CC(C)C. The van der Waals surface area contributed by atoms with Gasteiger partial charge in [0.2, 0.25) is 0 Å². The zero-order valence-corrected chi connectivity index (χ0v) is 9.99. The number of hydrogen-bond donors (Lipinski definition) is 2. The van der Waals surface area contributed by atoms with Gasteiger partial charge in [0.25, 0.3) is 5.91 Å². The van der Waals surface area contributed by atoms with Crippen LogP contribution in [0.5, 0.6) is 0 Å². The molecule has 1 rings (SSSR count). The summed E-state index contributed by atoms with van der Waals surface area (Å²) in [5.41, 5.74) is 6.08. The number of nitrogens with two attached hydrogens (primary N) is 1. The monoisotopic (exact) mass is 225 g/mol. The van der Waals surface area contributed by atoms with Gasteiger partial charge >= 0.3 is 0 Å².